The van der Waals surface area contributed by atoms with E-state index in [1.54, 1.807) is 48.5 Å². The molecule has 0 N–H and O–H groups in total. The summed E-state index contributed by atoms with van der Waals surface area (Å²) in [6, 6.07) is 13.3. The lowest BCUT2D eigenvalue weighted by atomic mass is 10.1. The Kier molecular flexibility index (Phi) is 3.37. The van der Waals surface area contributed by atoms with Crippen LogP contribution in [-0.4, -0.2) is 23.4 Å². The molecule has 0 unspecified atom stereocenters. The van der Waals surface area contributed by atoms with E-state index in [2.05, 4.69) is 0 Å². The number of fused-ring (bicyclic) bond motifs is 2. The highest BCUT2D eigenvalue weighted by atomic mass is 16.2. The van der Waals surface area contributed by atoms with Gasteiger partial charge in [0.2, 0.25) is 23.4 Å². The minimum absolute atomic E-state index is 0.0740. The Labute approximate surface area is 149 Å². The van der Waals surface area contributed by atoms with Gasteiger partial charge in [-0.15, -0.1) is 0 Å². The van der Waals surface area contributed by atoms with Crippen molar-refractivity contribution in [1.82, 2.24) is 0 Å². The van der Waals surface area contributed by atoms with E-state index in [9.17, 15) is 19.2 Å². The van der Waals surface area contributed by atoms with Crippen LogP contribution in [0.5, 0.6) is 0 Å². The highest BCUT2D eigenvalue weighted by Gasteiger charge is 2.45. The molecule has 2 aliphatic rings. The minimum Gasteiger partial charge on any atom is -0.287 e. The lowest BCUT2D eigenvalue weighted by Crippen LogP contribution is -2.34. The van der Waals surface area contributed by atoms with Gasteiger partial charge in [0.15, 0.2) is 0 Å². The van der Waals surface area contributed by atoms with Gasteiger partial charge in [-0.05, 0) is 24.3 Å². The van der Waals surface area contributed by atoms with Crippen molar-refractivity contribution >= 4 is 34.8 Å². The number of allylic oxidation sites excluding steroid dienone is 2. The Balaban J connectivity index is 2.05. The quantitative estimate of drug-likeness (QED) is 0.688. The Hall–Kier alpha value is -3.54. The summed E-state index contributed by atoms with van der Waals surface area (Å²) in [5, 5.41) is 0. The number of para-hydroxylation sites is 2. The summed E-state index contributed by atoms with van der Waals surface area (Å²) in [5.41, 5.74) is 1.35. The van der Waals surface area contributed by atoms with Gasteiger partial charge in [-0.2, -0.15) is 0 Å². The first-order valence-electron chi connectivity index (χ1n) is 8.06. The Morgan fingerprint density at radius 2 is 1.00 bits per heavy atom. The monoisotopic (exact) mass is 346 g/mol. The normalized spacial score (nSPS) is 18.2. The molecule has 26 heavy (non-hydrogen) atoms. The van der Waals surface area contributed by atoms with Crippen LogP contribution in [0.2, 0.25) is 0 Å². The smallest absolute Gasteiger partial charge is 0.228 e. The van der Waals surface area contributed by atoms with Crippen LogP contribution < -0.4 is 9.80 Å². The molecule has 2 heterocycles. The maximum absolute atomic E-state index is 13.0. The number of amides is 2. The second kappa shape index (κ2) is 5.49. The highest BCUT2D eigenvalue weighted by molar-refractivity contribution is 6.33. The molecule has 0 saturated heterocycles. The molecule has 2 aromatic carbocycles. The van der Waals surface area contributed by atoms with Crippen LogP contribution in [0, 0.1) is 0 Å². The van der Waals surface area contributed by atoms with Crippen LogP contribution in [0.4, 0.5) is 11.4 Å². The van der Waals surface area contributed by atoms with Crippen LogP contribution >= 0.6 is 0 Å². The van der Waals surface area contributed by atoms with Crippen molar-refractivity contribution in [3.05, 3.63) is 71.1 Å². The zero-order valence-corrected chi connectivity index (χ0v) is 14.1. The summed E-state index contributed by atoms with van der Waals surface area (Å²) in [5.74, 6) is -1.70. The lowest BCUT2D eigenvalue weighted by Gasteiger charge is -2.22. The Morgan fingerprint density at radius 3 is 1.35 bits per heavy atom. The van der Waals surface area contributed by atoms with Crippen molar-refractivity contribution in [3.63, 3.8) is 0 Å². The third kappa shape index (κ3) is 1.99. The van der Waals surface area contributed by atoms with Crippen molar-refractivity contribution in [2.24, 2.45) is 0 Å². The molecule has 6 heteroatoms. The zero-order chi connectivity index (χ0) is 18.6. The van der Waals surface area contributed by atoms with Crippen molar-refractivity contribution in [1.29, 1.82) is 0 Å². The number of ketones is 2. The maximum atomic E-state index is 13.0. The number of hydrogen-bond donors (Lipinski definition) is 0. The third-order valence-corrected chi connectivity index (χ3v) is 4.51. The molecule has 0 fully saturated rings. The number of hydrogen-bond acceptors (Lipinski definition) is 4. The summed E-state index contributed by atoms with van der Waals surface area (Å²) < 4.78 is 0. The predicted octanol–water partition coefficient (Wildman–Crippen LogP) is 2.70. The summed E-state index contributed by atoms with van der Waals surface area (Å²) in [4.78, 5) is 53.1. The van der Waals surface area contributed by atoms with E-state index in [0.717, 1.165) is 0 Å². The molecule has 0 spiro atoms. The van der Waals surface area contributed by atoms with Crippen molar-refractivity contribution < 1.29 is 19.2 Å². The first-order chi connectivity index (χ1) is 12.4. The summed E-state index contributed by atoms with van der Waals surface area (Å²) in [6.45, 7) is 2.64. The fourth-order valence-corrected chi connectivity index (χ4v) is 3.50. The highest BCUT2D eigenvalue weighted by Crippen LogP contribution is 2.42. The van der Waals surface area contributed by atoms with Crippen LogP contribution in [-0.2, 0) is 9.59 Å². The Morgan fingerprint density at radius 1 is 0.654 bits per heavy atom. The van der Waals surface area contributed by atoms with Gasteiger partial charge in [-0.25, -0.2) is 0 Å². The van der Waals surface area contributed by atoms with E-state index in [1.165, 1.54) is 23.6 Å². The molecule has 128 valence electrons. The van der Waals surface area contributed by atoms with E-state index >= 15 is 0 Å². The standard InChI is InChI=1S/C20H14N2O4/c1-11(23)21-15-9-5-3-7-13(15)19(25)17(21)18-20(26)14-8-4-6-10-16(14)22(18)12(2)24/h3-10H,1-2H3. The maximum Gasteiger partial charge on any atom is 0.228 e. The molecule has 0 aromatic heterocycles. The number of nitrogens with zero attached hydrogens (tertiary/aromatic N) is 2. The van der Waals surface area contributed by atoms with E-state index in [-0.39, 0.29) is 11.4 Å². The molecule has 4 rings (SSSR count). The predicted molar refractivity (Wildman–Crippen MR) is 94.9 cm³/mol. The van der Waals surface area contributed by atoms with Crippen molar-refractivity contribution in [3.8, 4) is 0 Å². The van der Waals surface area contributed by atoms with Crippen LogP contribution in [0.25, 0.3) is 0 Å². The second-order valence-corrected chi connectivity index (χ2v) is 6.10. The fourth-order valence-electron chi connectivity index (χ4n) is 3.50. The van der Waals surface area contributed by atoms with Gasteiger partial charge in [0.1, 0.15) is 11.4 Å². The van der Waals surface area contributed by atoms with Crippen LogP contribution in [0.3, 0.4) is 0 Å². The molecule has 0 bridgehead atoms. The van der Waals surface area contributed by atoms with Gasteiger partial charge >= 0.3 is 0 Å². The van der Waals surface area contributed by atoms with E-state index in [4.69, 9.17) is 0 Å². The van der Waals surface area contributed by atoms with E-state index in [0.29, 0.717) is 22.5 Å². The number of benzene rings is 2. The minimum atomic E-state index is -0.446. The van der Waals surface area contributed by atoms with Gasteiger partial charge in [0.05, 0.1) is 11.4 Å². The van der Waals surface area contributed by atoms with Crippen LogP contribution in [0.15, 0.2) is 59.9 Å². The van der Waals surface area contributed by atoms with Gasteiger partial charge < -0.3 is 0 Å². The number of carbonyl (C=O) groups is 4. The molecule has 0 saturated carbocycles. The first-order valence-corrected chi connectivity index (χ1v) is 8.06. The Bertz CT molecular complexity index is 968. The average Bonchev–Trinajstić information content (AvgIpc) is 3.07. The molecule has 0 radical (unpaired) electrons. The second-order valence-electron chi connectivity index (χ2n) is 6.10. The molecular weight excluding hydrogens is 332 g/mol. The van der Waals surface area contributed by atoms with Gasteiger partial charge in [-0.1, -0.05) is 24.3 Å². The topological polar surface area (TPSA) is 74.8 Å². The zero-order valence-electron chi connectivity index (χ0n) is 14.1. The molecular formula is C20H14N2O4. The number of Topliss-reactive ketones (excluding diaryl/α,β-unsaturated/α-hetero) is 2. The molecule has 2 amide bonds. The SMILES string of the molecule is CC(=O)N1C(=C2C(=O)c3ccccc3N2C(C)=O)C(=O)c2ccccc21. The lowest BCUT2D eigenvalue weighted by molar-refractivity contribution is -0.117. The van der Waals surface area contributed by atoms with Crippen molar-refractivity contribution in [2.75, 3.05) is 9.80 Å². The largest absolute Gasteiger partial charge is 0.287 e. The molecule has 2 aromatic rings. The number of rotatable bonds is 0. The summed E-state index contributed by atoms with van der Waals surface area (Å²) in [7, 11) is 0. The number of carbonyl (C=O) groups excluding carboxylic acids is 4. The average molecular weight is 346 g/mol. The molecule has 6 nitrogen and oxygen atoms in total. The third-order valence-electron chi connectivity index (χ3n) is 4.51. The molecule has 0 aliphatic carbocycles. The van der Waals surface area contributed by atoms with Gasteiger partial charge in [0, 0.05) is 25.0 Å². The number of anilines is 2. The molecule has 0 atom stereocenters. The van der Waals surface area contributed by atoms with Gasteiger partial charge in [0.25, 0.3) is 0 Å². The van der Waals surface area contributed by atoms with Gasteiger partial charge in [-0.3, -0.25) is 29.0 Å². The first kappa shape index (κ1) is 16.0. The van der Waals surface area contributed by atoms with E-state index < -0.39 is 23.4 Å². The molecule has 2 aliphatic heterocycles. The van der Waals surface area contributed by atoms with Crippen LogP contribution in [0.1, 0.15) is 34.6 Å². The van der Waals surface area contributed by atoms with Crippen molar-refractivity contribution in [2.45, 2.75) is 13.8 Å². The summed E-state index contributed by atoms with van der Waals surface area (Å²) in [6.07, 6.45) is 0. The summed E-state index contributed by atoms with van der Waals surface area (Å²) >= 11 is 0. The fraction of sp³-hybridized carbons (Fsp3) is 0.100. The van der Waals surface area contributed by atoms with E-state index in [1.807, 2.05) is 0 Å².